The van der Waals surface area contributed by atoms with Gasteiger partial charge in [-0.15, -0.1) is 17.0 Å². The fourth-order valence-corrected chi connectivity index (χ4v) is 4.11. The molecular formula is C13H27BrN4S. The van der Waals surface area contributed by atoms with Gasteiger partial charge in [0.05, 0.1) is 0 Å². The van der Waals surface area contributed by atoms with Crippen molar-refractivity contribution in [2.45, 2.75) is 31.2 Å². The molecule has 2 N–H and O–H groups in total. The maximum absolute atomic E-state index is 4.22. The van der Waals surface area contributed by atoms with Crippen molar-refractivity contribution in [1.82, 2.24) is 15.5 Å². The number of rotatable bonds is 3. The van der Waals surface area contributed by atoms with Crippen molar-refractivity contribution in [1.29, 1.82) is 0 Å². The summed E-state index contributed by atoms with van der Waals surface area (Å²) in [6.07, 6.45) is 5.43. The summed E-state index contributed by atoms with van der Waals surface area (Å²) in [6, 6.07) is 0. The van der Waals surface area contributed by atoms with Gasteiger partial charge in [-0.05, 0) is 12.8 Å². The van der Waals surface area contributed by atoms with E-state index in [1.54, 1.807) is 0 Å². The molecule has 0 atom stereocenters. The van der Waals surface area contributed by atoms with E-state index in [2.05, 4.69) is 32.3 Å². The number of guanidine groups is 1. The molecule has 1 aliphatic carbocycles. The second-order valence-electron chi connectivity index (χ2n) is 5.21. The van der Waals surface area contributed by atoms with Crippen LogP contribution < -0.4 is 10.6 Å². The van der Waals surface area contributed by atoms with Crippen molar-refractivity contribution in [2.75, 3.05) is 45.2 Å². The van der Waals surface area contributed by atoms with Crippen LogP contribution >= 0.6 is 28.7 Å². The first-order chi connectivity index (χ1) is 8.80. The van der Waals surface area contributed by atoms with Crippen LogP contribution in [0.3, 0.4) is 0 Å². The molecule has 19 heavy (non-hydrogen) atoms. The van der Waals surface area contributed by atoms with Gasteiger partial charge in [0.2, 0.25) is 0 Å². The molecule has 1 aliphatic heterocycles. The van der Waals surface area contributed by atoms with E-state index in [1.807, 2.05) is 14.1 Å². The molecule has 0 aromatic rings. The smallest absolute Gasteiger partial charge is 0.190 e. The molecule has 0 aromatic heterocycles. The summed E-state index contributed by atoms with van der Waals surface area (Å²) in [5.74, 6) is 3.50. The zero-order valence-electron chi connectivity index (χ0n) is 12.1. The first-order valence-corrected chi connectivity index (χ1v) is 8.17. The van der Waals surface area contributed by atoms with Gasteiger partial charge in [0.15, 0.2) is 5.96 Å². The molecule has 0 amide bonds. The van der Waals surface area contributed by atoms with Gasteiger partial charge in [-0.25, -0.2) is 0 Å². The van der Waals surface area contributed by atoms with Crippen LogP contribution in [0.1, 0.15) is 25.7 Å². The molecule has 1 heterocycles. The van der Waals surface area contributed by atoms with E-state index in [0.29, 0.717) is 5.54 Å². The summed E-state index contributed by atoms with van der Waals surface area (Å²) in [5.41, 5.74) is 0.383. The minimum atomic E-state index is 0. The fourth-order valence-electron chi connectivity index (χ4n) is 3.20. The molecule has 4 nitrogen and oxygen atoms in total. The van der Waals surface area contributed by atoms with Crippen LogP contribution in [0.2, 0.25) is 0 Å². The van der Waals surface area contributed by atoms with Crippen molar-refractivity contribution in [3.05, 3.63) is 0 Å². The van der Waals surface area contributed by atoms with Gasteiger partial charge in [0, 0.05) is 50.8 Å². The third kappa shape index (κ3) is 4.26. The number of nitrogens with one attached hydrogen (secondary N) is 2. The van der Waals surface area contributed by atoms with Crippen molar-refractivity contribution in [3.63, 3.8) is 0 Å². The largest absolute Gasteiger partial charge is 0.359 e. The van der Waals surface area contributed by atoms with E-state index >= 15 is 0 Å². The normalized spacial score (nSPS) is 23.8. The lowest BCUT2D eigenvalue weighted by atomic mass is 9.94. The average molecular weight is 351 g/mol. The molecule has 1 saturated heterocycles. The SMILES string of the molecule is Br.CN=C(NC)NCC1(N2CCSCC2)CCCC1. The molecule has 0 spiro atoms. The molecule has 2 aliphatic rings. The summed E-state index contributed by atoms with van der Waals surface area (Å²) in [7, 11) is 3.76. The third-order valence-electron chi connectivity index (χ3n) is 4.26. The van der Waals surface area contributed by atoms with Gasteiger partial charge in [0.1, 0.15) is 0 Å². The molecule has 0 bridgehead atoms. The van der Waals surface area contributed by atoms with Gasteiger partial charge < -0.3 is 10.6 Å². The van der Waals surface area contributed by atoms with Gasteiger partial charge in [-0.3, -0.25) is 9.89 Å². The highest BCUT2D eigenvalue weighted by molar-refractivity contribution is 8.93. The van der Waals surface area contributed by atoms with Crippen LogP contribution in [0.25, 0.3) is 0 Å². The van der Waals surface area contributed by atoms with Gasteiger partial charge in [0.25, 0.3) is 0 Å². The first-order valence-electron chi connectivity index (χ1n) is 7.02. The number of aliphatic imine (C=N–C) groups is 1. The van der Waals surface area contributed by atoms with Crippen molar-refractivity contribution in [3.8, 4) is 0 Å². The molecule has 0 radical (unpaired) electrons. The topological polar surface area (TPSA) is 39.7 Å². The Morgan fingerprint density at radius 2 is 1.89 bits per heavy atom. The van der Waals surface area contributed by atoms with Crippen LogP contribution in [0, 0.1) is 0 Å². The van der Waals surface area contributed by atoms with E-state index in [1.165, 1.54) is 50.3 Å². The minimum Gasteiger partial charge on any atom is -0.359 e. The highest BCUT2D eigenvalue weighted by atomic mass is 79.9. The van der Waals surface area contributed by atoms with Gasteiger partial charge in [-0.2, -0.15) is 11.8 Å². The van der Waals surface area contributed by atoms with E-state index in [0.717, 1.165) is 12.5 Å². The first kappa shape index (κ1) is 17.1. The Morgan fingerprint density at radius 1 is 1.26 bits per heavy atom. The summed E-state index contributed by atoms with van der Waals surface area (Å²) in [4.78, 5) is 6.94. The molecular weight excluding hydrogens is 324 g/mol. The van der Waals surface area contributed by atoms with E-state index in [-0.39, 0.29) is 17.0 Å². The van der Waals surface area contributed by atoms with Crippen LogP contribution in [0.15, 0.2) is 4.99 Å². The quantitative estimate of drug-likeness (QED) is 0.600. The lowest BCUT2D eigenvalue weighted by molar-refractivity contribution is 0.107. The van der Waals surface area contributed by atoms with Crippen molar-refractivity contribution >= 4 is 34.7 Å². The predicted molar refractivity (Wildman–Crippen MR) is 90.8 cm³/mol. The molecule has 0 aromatic carbocycles. The number of halogens is 1. The maximum atomic E-state index is 4.22. The Bertz CT molecular complexity index is 286. The Hall–Kier alpha value is 0.0600. The molecule has 1 saturated carbocycles. The summed E-state index contributed by atoms with van der Waals surface area (Å²) in [5, 5.41) is 6.60. The number of nitrogens with zero attached hydrogens (tertiary/aromatic N) is 2. The average Bonchev–Trinajstić information content (AvgIpc) is 2.91. The Kier molecular flexibility index (Phi) is 7.54. The lowest BCUT2D eigenvalue weighted by Crippen LogP contribution is -2.57. The zero-order chi connectivity index (χ0) is 12.8. The minimum absolute atomic E-state index is 0. The van der Waals surface area contributed by atoms with Gasteiger partial charge >= 0.3 is 0 Å². The van der Waals surface area contributed by atoms with Crippen LogP contribution in [0.4, 0.5) is 0 Å². The van der Waals surface area contributed by atoms with Gasteiger partial charge in [-0.1, -0.05) is 12.8 Å². The molecule has 2 rings (SSSR count). The number of thioether (sulfide) groups is 1. The van der Waals surface area contributed by atoms with E-state index < -0.39 is 0 Å². The Morgan fingerprint density at radius 3 is 2.42 bits per heavy atom. The molecule has 2 fully saturated rings. The fraction of sp³-hybridized carbons (Fsp3) is 0.923. The van der Waals surface area contributed by atoms with E-state index in [9.17, 15) is 0 Å². The molecule has 112 valence electrons. The standard InChI is InChI=1S/C13H26N4S.BrH/c1-14-12(15-2)16-11-13(5-3-4-6-13)17-7-9-18-10-8-17;/h3-11H2,1-2H3,(H2,14,15,16);1H. The zero-order valence-corrected chi connectivity index (χ0v) is 14.6. The summed E-state index contributed by atoms with van der Waals surface area (Å²) >= 11 is 2.09. The molecule has 6 heteroatoms. The van der Waals surface area contributed by atoms with Crippen LogP contribution in [0.5, 0.6) is 0 Å². The van der Waals surface area contributed by atoms with E-state index in [4.69, 9.17) is 0 Å². The predicted octanol–water partition coefficient (Wildman–Crippen LogP) is 1.72. The van der Waals surface area contributed by atoms with Crippen molar-refractivity contribution < 1.29 is 0 Å². The second kappa shape index (κ2) is 8.37. The Balaban J connectivity index is 0.00000180. The lowest BCUT2D eigenvalue weighted by Gasteiger charge is -2.43. The third-order valence-corrected chi connectivity index (χ3v) is 5.20. The second-order valence-corrected chi connectivity index (χ2v) is 6.43. The Labute approximate surface area is 131 Å². The number of hydrogen-bond acceptors (Lipinski definition) is 3. The van der Waals surface area contributed by atoms with Crippen LogP contribution in [-0.4, -0.2) is 61.6 Å². The van der Waals surface area contributed by atoms with Crippen LogP contribution in [-0.2, 0) is 0 Å². The monoisotopic (exact) mass is 350 g/mol. The summed E-state index contributed by atoms with van der Waals surface area (Å²) < 4.78 is 0. The maximum Gasteiger partial charge on any atom is 0.190 e. The summed E-state index contributed by atoms with van der Waals surface area (Å²) in [6.45, 7) is 3.54. The highest BCUT2D eigenvalue weighted by Crippen LogP contribution is 2.36. The molecule has 0 unspecified atom stereocenters. The van der Waals surface area contributed by atoms with Crippen molar-refractivity contribution in [2.24, 2.45) is 4.99 Å². The highest BCUT2D eigenvalue weighted by Gasteiger charge is 2.39. The number of hydrogen-bond donors (Lipinski definition) is 2.